The average Bonchev–Trinajstić information content (AvgIpc) is 3.69. The molecule has 0 bridgehead atoms. The zero-order chi connectivity index (χ0) is 26.1. The van der Waals surface area contributed by atoms with Crippen molar-refractivity contribution < 1.29 is 9.53 Å². The second-order valence-electron chi connectivity index (χ2n) is 9.62. The summed E-state index contributed by atoms with van der Waals surface area (Å²) < 4.78 is 7.70. The smallest absolute Gasteiger partial charge is 0.264 e. The van der Waals surface area contributed by atoms with Crippen molar-refractivity contribution in [1.82, 2.24) is 29.6 Å². The minimum atomic E-state index is -0.217. The number of hydrogen-bond acceptors (Lipinski definition) is 8. The van der Waals surface area contributed by atoms with Gasteiger partial charge in [0.25, 0.3) is 5.91 Å². The number of rotatable bonds is 6. The van der Waals surface area contributed by atoms with E-state index in [1.165, 1.54) is 6.33 Å². The van der Waals surface area contributed by atoms with Crippen molar-refractivity contribution in [2.45, 2.75) is 31.7 Å². The van der Waals surface area contributed by atoms with Gasteiger partial charge in [0.05, 0.1) is 23.3 Å². The van der Waals surface area contributed by atoms with Crippen molar-refractivity contribution >= 4 is 22.8 Å². The number of amides is 1. The molecule has 1 saturated carbocycles. The Balaban J connectivity index is 1.30. The molecule has 1 unspecified atom stereocenters. The van der Waals surface area contributed by atoms with Gasteiger partial charge in [-0.2, -0.15) is 10.4 Å². The molecule has 0 radical (unpaired) electrons. The predicted molar refractivity (Wildman–Crippen MR) is 141 cm³/mol. The molecule has 2 fully saturated rings. The lowest BCUT2D eigenvalue weighted by molar-refractivity contribution is -0.128. The first-order valence-corrected chi connectivity index (χ1v) is 12.7. The fourth-order valence-corrected chi connectivity index (χ4v) is 4.80. The first kappa shape index (κ1) is 23.6. The van der Waals surface area contributed by atoms with Crippen LogP contribution >= 0.6 is 0 Å². The molecule has 1 aromatic carbocycles. The molecule has 1 aliphatic heterocycles. The van der Waals surface area contributed by atoms with E-state index in [2.05, 4.69) is 21.0 Å². The molecule has 1 atom stereocenters. The van der Waals surface area contributed by atoms with Gasteiger partial charge in [0.1, 0.15) is 41.0 Å². The van der Waals surface area contributed by atoms with E-state index in [1.54, 1.807) is 11.1 Å². The maximum absolute atomic E-state index is 13.1. The highest BCUT2D eigenvalue weighted by Gasteiger charge is 2.31. The Kier molecular flexibility index (Phi) is 6.17. The highest BCUT2D eigenvalue weighted by Crippen LogP contribution is 2.35. The van der Waals surface area contributed by atoms with Crippen LogP contribution in [-0.4, -0.2) is 48.6 Å². The van der Waals surface area contributed by atoms with Gasteiger partial charge in [-0.3, -0.25) is 9.78 Å². The molecule has 3 aromatic heterocycles. The molecule has 190 valence electrons. The molecule has 4 heterocycles. The Labute approximate surface area is 219 Å². The molecule has 0 spiro atoms. The summed E-state index contributed by atoms with van der Waals surface area (Å²) in [5.41, 5.74) is 8.29. The Morgan fingerprint density at radius 3 is 2.66 bits per heavy atom. The molecule has 2 aliphatic rings. The largest absolute Gasteiger partial charge is 0.456 e. The standard InChI is InChI=1S/C28H26N8O2/c29-14-19(13-18-8-9-18)28(37)35-12-4-5-20(16-35)36-27-24(26(30)32-17-33-27)25(34-36)23-11-10-22(15-31-23)38-21-6-2-1-3-7-21/h1-3,6-7,10-11,13,15,17-18,20H,4-5,8-9,12,16H2,(H2,30,32,33). The molecule has 10 heteroatoms. The van der Waals surface area contributed by atoms with E-state index in [0.717, 1.165) is 31.4 Å². The van der Waals surface area contributed by atoms with Gasteiger partial charge in [-0.05, 0) is 55.9 Å². The first-order valence-electron chi connectivity index (χ1n) is 12.7. The molecule has 1 saturated heterocycles. The normalized spacial score (nSPS) is 17.8. The average molecular weight is 507 g/mol. The SMILES string of the molecule is N#CC(=CC1CC1)C(=O)N1CCCC(n2nc(-c3ccc(Oc4ccccc4)cn3)c3c(N)ncnc32)C1. The van der Waals surface area contributed by atoms with Crippen molar-refractivity contribution in [3.05, 3.63) is 66.6 Å². The zero-order valence-corrected chi connectivity index (χ0v) is 20.7. The summed E-state index contributed by atoms with van der Waals surface area (Å²) >= 11 is 0. The molecule has 38 heavy (non-hydrogen) atoms. The van der Waals surface area contributed by atoms with Crippen LogP contribution in [0.15, 0.2) is 66.6 Å². The Morgan fingerprint density at radius 1 is 1.08 bits per heavy atom. The van der Waals surface area contributed by atoms with Gasteiger partial charge in [0.2, 0.25) is 0 Å². The van der Waals surface area contributed by atoms with E-state index >= 15 is 0 Å². The van der Waals surface area contributed by atoms with Crippen LogP contribution in [0.5, 0.6) is 11.5 Å². The third kappa shape index (κ3) is 4.66. The molecule has 10 nitrogen and oxygen atoms in total. The van der Waals surface area contributed by atoms with Crippen molar-refractivity contribution in [2.75, 3.05) is 18.8 Å². The van der Waals surface area contributed by atoms with Gasteiger partial charge >= 0.3 is 0 Å². The molecule has 1 aliphatic carbocycles. The summed E-state index contributed by atoms with van der Waals surface area (Å²) in [6.45, 7) is 1.03. The molecule has 6 rings (SSSR count). The maximum atomic E-state index is 13.1. The maximum Gasteiger partial charge on any atom is 0.264 e. The van der Waals surface area contributed by atoms with Crippen molar-refractivity contribution in [2.24, 2.45) is 5.92 Å². The quantitative estimate of drug-likeness (QED) is 0.302. The van der Waals surface area contributed by atoms with Gasteiger partial charge in [-0.15, -0.1) is 0 Å². The third-order valence-electron chi connectivity index (χ3n) is 6.88. The lowest BCUT2D eigenvalue weighted by Crippen LogP contribution is -2.41. The number of aromatic nitrogens is 5. The summed E-state index contributed by atoms with van der Waals surface area (Å²) in [6, 6.07) is 15.1. The van der Waals surface area contributed by atoms with E-state index in [1.807, 2.05) is 53.2 Å². The second-order valence-corrected chi connectivity index (χ2v) is 9.62. The fraction of sp³-hybridized carbons (Fsp3) is 0.286. The summed E-state index contributed by atoms with van der Waals surface area (Å²) in [5, 5.41) is 15.1. The summed E-state index contributed by atoms with van der Waals surface area (Å²) in [7, 11) is 0. The minimum Gasteiger partial charge on any atom is -0.456 e. The summed E-state index contributed by atoms with van der Waals surface area (Å²) in [6.07, 6.45) is 8.56. The second kappa shape index (κ2) is 9.94. The van der Waals surface area contributed by atoms with E-state index in [0.29, 0.717) is 53.0 Å². The zero-order valence-electron chi connectivity index (χ0n) is 20.7. The van der Waals surface area contributed by atoms with E-state index in [4.69, 9.17) is 15.6 Å². The number of likely N-dealkylation sites (tertiary alicyclic amines) is 1. The third-order valence-corrected chi connectivity index (χ3v) is 6.88. The number of benzene rings is 1. The van der Waals surface area contributed by atoms with Crippen molar-refractivity contribution in [3.63, 3.8) is 0 Å². The van der Waals surface area contributed by atoms with Crippen LogP contribution in [0.1, 0.15) is 31.7 Å². The van der Waals surface area contributed by atoms with Crippen LogP contribution < -0.4 is 10.5 Å². The number of fused-ring (bicyclic) bond motifs is 1. The topological polar surface area (TPSA) is 136 Å². The number of ether oxygens (including phenoxy) is 1. The number of pyridine rings is 1. The minimum absolute atomic E-state index is 0.125. The number of nitrogen functional groups attached to an aromatic ring is 1. The molecule has 1 amide bonds. The number of nitriles is 1. The number of hydrogen-bond donors (Lipinski definition) is 1. The first-order chi connectivity index (χ1) is 18.6. The summed E-state index contributed by atoms with van der Waals surface area (Å²) in [4.78, 5) is 28.1. The van der Waals surface area contributed by atoms with Gasteiger partial charge in [-0.25, -0.2) is 14.6 Å². The van der Waals surface area contributed by atoms with Crippen LogP contribution in [-0.2, 0) is 4.79 Å². The number of nitrogens with zero attached hydrogens (tertiary/aromatic N) is 7. The van der Waals surface area contributed by atoms with Crippen molar-refractivity contribution in [1.29, 1.82) is 5.26 Å². The van der Waals surface area contributed by atoms with Crippen molar-refractivity contribution in [3.8, 4) is 29.0 Å². The molecular formula is C28H26N8O2. The van der Waals surface area contributed by atoms with E-state index in [-0.39, 0.29) is 17.5 Å². The highest BCUT2D eigenvalue weighted by atomic mass is 16.5. The molecule has 4 aromatic rings. The van der Waals surface area contributed by atoms with Crippen LogP contribution in [0.2, 0.25) is 0 Å². The van der Waals surface area contributed by atoms with Gasteiger partial charge in [0.15, 0.2) is 5.65 Å². The molecule has 2 N–H and O–H groups in total. The van der Waals surface area contributed by atoms with Crippen LogP contribution in [0.4, 0.5) is 5.82 Å². The van der Waals surface area contributed by atoms with Gasteiger partial charge < -0.3 is 15.4 Å². The van der Waals surface area contributed by atoms with Gasteiger partial charge in [-0.1, -0.05) is 24.3 Å². The number of carbonyl (C=O) groups excluding carboxylic acids is 1. The van der Waals surface area contributed by atoms with Crippen LogP contribution in [0.3, 0.4) is 0 Å². The molecular weight excluding hydrogens is 480 g/mol. The number of carbonyl (C=O) groups is 1. The highest BCUT2D eigenvalue weighted by molar-refractivity contribution is 5.98. The lowest BCUT2D eigenvalue weighted by Gasteiger charge is -2.32. The Hall–Kier alpha value is -4.78. The lowest BCUT2D eigenvalue weighted by atomic mass is 10.0. The van der Waals surface area contributed by atoms with E-state index in [9.17, 15) is 10.1 Å². The summed E-state index contributed by atoms with van der Waals surface area (Å²) in [5.74, 6) is 1.76. The number of allylic oxidation sites excluding steroid dienone is 1. The predicted octanol–water partition coefficient (Wildman–Crippen LogP) is 4.29. The number of para-hydroxylation sites is 1. The number of piperidine rings is 1. The van der Waals surface area contributed by atoms with Gasteiger partial charge in [0, 0.05) is 13.1 Å². The van der Waals surface area contributed by atoms with E-state index < -0.39 is 0 Å². The fourth-order valence-electron chi connectivity index (χ4n) is 4.80. The number of nitrogens with two attached hydrogens (primary N) is 1. The monoisotopic (exact) mass is 506 g/mol. The van der Waals surface area contributed by atoms with Crippen LogP contribution in [0.25, 0.3) is 22.4 Å². The Bertz CT molecular complexity index is 1550. The van der Waals surface area contributed by atoms with Crippen LogP contribution in [0, 0.1) is 17.2 Å². The number of anilines is 1. The Morgan fingerprint density at radius 2 is 1.92 bits per heavy atom.